The predicted octanol–water partition coefficient (Wildman–Crippen LogP) is 3.68. The molecule has 21 heavy (non-hydrogen) atoms. The Bertz CT molecular complexity index is 541. The lowest BCUT2D eigenvalue weighted by molar-refractivity contribution is 0.475. The van der Waals surface area contributed by atoms with Crippen LogP contribution in [0.3, 0.4) is 0 Å². The molecule has 2 rings (SSSR count). The second-order valence-corrected chi connectivity index (χ2v) is 6.10. The Balaban J connectivity index is 2.01. The Kier molecular flexibility index (Phi) is 6.04. The Morgan fingerprint density at radius 1 is 1.24 bits per heavy atom. The van der Waals surface area contributed by atoms with Gasteiger partial charge in [-0.05, 0) is 47.0 Å². The Morgan fingerprint density at radius 2 is 2.00 bits per heavy atom. The van der Waals surface area contributed by atoms with Crippen LogP contribution < -0.4 is 0 Å². The van der Waals surface area contributed by atoms with Crippen molar-refractivity contribution in [1.82, 2.24) is 20.2 Å². The van der Waals surface area contributed by atoms with Crippen LogP contribution in [0, 0.1) is 5.92 Å². The smallest absolute Gasteiger partial charge is 0.214 e. The van der Waals surface area contributed by atoms with Gasteiger partial charge in [0.05, 0.1) is 5.69 Å². The van der Waals surface area contributed by atoms with Gasteiger partial charge in [0.15, 0.2) is 0 Å². The van der Waals surface area contributed by atoms with Crippen LogP contribution in [0.4, 0.5) is 0 Å². The van der Waals surface area contributed by atoms with E-state index in [1.807, 2.05) is 12.1 Å². The molecule has 0 aliphatic carbocycles. The van der Waals surface area contributed by atoms with Gasteiger partial charge in [-0.3, -0.25) is 0 Å². The average Bonchev–Trinajstić information content (AvgIpc) is 2.97. The van der Waals surface area contributed by atoms with Crippen molar-refractivity contribution in [3.8, 4) is 11.4 Å². The third-order valence-corrected chi connectivity index (χ3v) is 4.68. The van der Waals surface area contributed by atoms with Gasteiger partial charge in [-0.2, -0.15) is 4.68 Å². The van der Waals surface area contributed by atoms with Gasteiger partial charge in [-0.15, -0.1) is 5.10 Å². The van der Waals surface area contributed by atoms with Gasteiger partial charge in [0.25, 0.3) is 0 Å². The van der Waals surface area contributed by atoms with Crippen LogP contribution in [0.2, 0.25) is 0 Å². The molecule has 1 unspecified atom stereocenters. The molecule has 1 atom stereocenters. The highest BCUT2D eigenvalue weighted by atomic mass is 32.2. The van der Waals surface area contributed by atoms with Crippen LogP contribution in [0.1, 0.15) is 39.5 Å². The van der Waals surface area contributed by atoms with Crippen molar-refractivity contribution < 1.29 is 5.11 Å². The zero-order chi connectivity index (χ0) is 15.1. The topological polar surface area (TPSA) is 63.8 Å². The standard InChI is InChI=1S/C15H22N4OS/c1-3-5-6-12(4-2)11-21-15-16-17-18-19(15)13-7-9-14(20)10-8-13/h7-10,12,20H,3-6,11H2,1-2H3. The molecule has 1 N–H and O–H groups in total. The maximum atomic E-state index is 9.35. The molecule has 6 heteroatoms. The van der Waals surface area contributed by atoms with E-state index in [-0.39, 0.29) is 5.75 Å². The van der Waals surface area contributed by atoms with Crippen molar-refractivity contribution in [1.29, 1.82) is 0 Å². The molecule has 1 aromatic carbocycles. The Morgan fingerprint density at radius 3 is 2.67 bits per heavy atom. The van der Waals surface area contributed by atoms with Gasteiger partial charge in [-0.1, -0.05) is 44.9 Å². The van der Waals surface area contributed by atoms with Gasteiger partial charge < -0.3 is 5.11 Å². The zero-order valence-electron chi connectivity index (χ0n) is 12.6. The van der Waals surface area contributed by atoms with Crippen LogP contribution in [-0.2, 0) is 0 Å². The first-order chi connectivity index (χ1) is 10.2. The molecule has 0 amide bonds. The molecular weight excluding hydrogens is 284 g/mol. The van der Waals surface area contributed by atoms with Crippen LogP contribution in [0.5, 0.6) is 5.75 Å². The van der Waals surface area contributed by atoms with Crippen LogP contribution in [0.15, 0.2) is 29.4 Å². The molecule has 1 heterocycles. The second-order valence-electron chi connectivity index (χ2n) is 5.12. The van der Waals surface area contributed by atoms with Crippen molar-refractivity contribution in [2.75, 3.05) is 5.75 Å². The van der Waals surface area contributed by atoms with Crippen molar-refractivity contribution in [3.63, 3.8) is 0 Å². The summed E-state index contributed by atoms with van der Waals surface area (Å²) in [6.07, 6.45) is 4.98. The Hall–Kier alpha value is -1.56. The maximum Gasteiger partial charge on any atom is 0.214 e. The number of aromatic nitrogens is 4. The van der Waals surface area contributed by atoms with Crippen molar-refractivity contribution in [3.05, 3.63) is 24.3 Å². The summed E-state index contributed by atoms with van der Waals surface area (Å²) in [5, 5.41) is 22.1. The molecule has 0 spiro atoms. The van der Waals surface area contributed by atoms with Crippen molar-refractivity contribution in [2.24, 2.45) is 5.92 Å². The van der Waals surface area contributed by atoms with Gasteiger partial charge in [0.1, 0.15) is 5.75 Å². The van der Waals surface area contributed by atoms with Gasteiger partial charge in [0, 0.05) is 5.75 Å². The minimum absolute atomic E-state index is 0.242. The number of tetrazole rings is 1. The highest BCUT2D eigenvalue weighted by molar-refractivity contribution is 7.99. The molecule has 0 saturated heterocycles. The number of hydrogen-bond donors (Lipinski definition) is 1. The fourth-order valence-electron chi connectivity index (χ4n) is 2.12. The van der Waals surface area contributed by atoms with E-state index in [9.17, 15) is 5.11 Å². The number of rotatable bonds is 8. The number of nitrogens with zero attached hydrogens (tertiary/aromatic N) is 4. The minimum Gasteiger partial charge on any atom is -0.508 e. The first-order valence-electron chi connectivity index (χ1n) is 7.45. The number of benzene rings is 1. The molecule has 0 aliphatic rings. The van der Waals surface area contributed by atoms with E-state index in [1.54, 1.807) is 28.6 Å². The van der Waals surface area contributed by atoms with Gasteiger partial charge in [-0.25, -0.2) is 0 Å². The van der Waals surface area contributed by atoms with Crippen LogP contribution in [-0.4, -0.2) is 31.1 Å². The van der Waals surface area contributed by atoms with E-state index in [2.05, 4.69) is 29.4 Å². The molecule has 2 aromatic rings. The molecule has 0 aliphatic heterocycles. The molecular formula is C15H22N4OS. The molecule has 5 nitrogen and oxygen atoms in total. The summed E-state index contributed by atoms with van der Waals surface area (Å²) in [6.45, 7) is 4.47. The summed E-state index contributed by atoms with van der Waals surface area (Å²) < 4.78 is 1.72. The summed E-state index contributed by atoms with van der Waals surface area (Å²) in [4.78, 5) is 0. The number of hydrogen-bond acceptors (Lipinski definition) is 5. The van der Waals surface area contributed by atoms with E-state index >= 15 is 0 Å². The van der Waals surface area contributed by atoms with E-state index < -0.39 is 0 Å². The monoisotopic (exact) mass is 306 g/mol. The molecule has 1 aromatic heterocycles. The van der Waals surface area contributed by atoms with Crippen molar-refractivity contribution >= 4 is 11.8 Å². The predicted molar refractivity (Wildman–Crippen MR) is 84.8 cm³/mol. The van der Waals surface area contributed by atoms with E-state index in [4.69, 9.17) is 0 Å². The SMILES string of the molecule is CCCCC(CC)CSc1nnnn1-c1ccc(O)cc1. The van der Waals surface area contributed by atoms with E-state index in [0.717, 1.165) is 16.6 Å². The molecule has 0 radical (unpaired) electrons. The fourth-order valence-corrected chi connectivity index (χ4v) is 3.26. The van der Waals surface area contributed by atoms with Crippen molar-refractivity contribution in [2.45, 2.75) is 44.7 Å². The average molecular weight is 306 g/mol. The Labute approximate surface area is 129 Å². The lowest BCUT2D eigenvalue weighted by Crippen LogP contribution is -2.04. The normalized spacial score (nSPS) is 12.5. The summed E-state index contributed by atoms with van der Waals surface area (Å²) >= 11 is 1.70. The summed E-state index contributed by atoms with van der Waals surface area (Å²) in [6, 6.07) is 6.90. The van der Waals surface area contributed by atoms with Gasteiger partial charge >= 0.3 is 0 Å². The maximum absolute atomic E-state index is 9.35. The first kappa shape index (κ1) is 15.8. The molecule has 0 fully saturated rings. The number of aromatic hydroxyl groups is 1. The highest BCUT2D eigenvalue weighted by Gasteiger charge is 2.12. The van der Waals surface area contributed by atoms with Crippen LogP contribution >= 0.6 is 11.8 Å². The fraction of sp³-hybridized carbons (Fsp3) is 0.533. The zero-order valence-corrected chi connectivity index (χ0v) is 13.4. The highest BCUT2D eigenvalue weighted by Crippen LogP contribution is 2.25. The van der Waals surface area contributed by atoms with Gasteiger partial charge in [0.2, 0.25) is 5.16 Å². The lowest BCUT2D eigenvalue weighted by Gasteiger charge is -2.13. The van der Waals surface area contributed by atoms with Crippen LogP contribution in [0.25, 0.3) is 5.69 Å². The third-order valence-electron chi connectivity index (χ3n) is 3.53. The molecule has 0 bridgehead atoms. The number of phenols is 1. The quantitative estimate of drug-likeness (QED) is 0.754. The second kappa shape index (κ2) is 8.02. The lowest BCUT2D eigenvalue weighted by atomic mass is 10.0. The van der Waals surface area contributed by atoms with E-state index in [1.165, 1.54) is 25.7 Å². The number of unbranched alkanes of at least 4 members (excludes halogenated alkanes) is 1. The summed E-state index contributed by atoms with van der Waals surface area (Å²) in [5.74, 6) is 1.99. The minimum atomic E-state index is 0.242. The molecule has 114 valence electrons. The largest absolute Gasteiger partial charge is 0.508 e. The third kappa shape index (κ3) is 4.46. The summed E-state index contributed by atoms with van der Waals surface area (Å²) in [7, 11) is 0. The number of thioether (sulfide) groups is 1. The van der Waals surface area contributed by atoms with E-state index in [0.29, 0.717) is 5.92 Å². The summed E-state index contributed by atoms with van der Waals surface area (Å²) in [5.41, 5.74) is 0.863. The number of phenolic OH excluding ortho intramolecular Hbond substituents is 1. The molecule has 0 saturated carbocycles. The first-order valence-corrected chi connectivity index (χ1v) is 8.43.